The second kappa shape index (κ2) is 53.3. The van der Waals surface area contributed by atoms with Gasteiger partial charge in [-0.15, -0.1) is 0 Å². The summed E-state index contributed by atoms with van der Waals surface area (Å²) in [7, 11) is 0. The molecule has 450 valence electrons. The number of rotatable bonds is 32. The van der Waals surface area contributed by atoms with Crippen LogP contribution in [0.15, 0.2) is 308 Å². The molecule has 0 aliphatic heterocycles. The van der Waals surface area contributed by atoms with E-state index in [4.69, 9.17) is 0 Å². The molecule has 1 aliphatic rings. The average Bonchev–Trinajstić information content (AvgIpc) is 4.29. The molecule has 0 amide bonds. The van der Waals surface area contributed by atoms with Crippen LogP contribution in [0.4, 0.5) is 0 Å². The second-order valence-electron chi connectivity index (χ2n) is 23.3. The monoisotopic (exact) mass is 1110 g/mol. The van der Waals surface area contributed by atoms with Gasteiger partial charge in [0.2, 0.25) is 0 Å². The molecule has 1 fully saturated rings. The summed E-state index contributed by atoms with van der Waals surface area (Å²) in [6, 6.07) is 0. The van der Waals surface area contributed by atoms with E-state index in [0.29, 0.717) is 0 Å². The molecule has 0 unspecified atom stereocenters. The zero-order valence-electron chi connectivity index (χ0n) is 56.6. The summed E-state index contributed by atoms with van der Waals surface area (Å²) in [4.78, 5) is 0. The third-order valence-corrected chi connectivity index (χ3v) is 12.2. The molecule has 0 aromatic heterocycles. The predicted octanol–water partition coefficient (Wildman–Crippen LogP) is 27.0. The van der Waals surface area contributed by atoms with Crippen molar-refractivity contribution in [3.63, 3.8) is 0 Å². The van der Waals surface area contributed by atoms with Crippen molar-refractivity contribution in [2.45, 2.75) is 209 Å². The van der Waals surface area contributed by atoms with Crippen LogP contribution in [0.1, 0.15) is 209 Å². The first-order valence-electron chi connectivity index (χ1n) is 30.8. The molecular weight excluding hydrogens is 997 g/mol. The smallest absolute Gasteiger partial charge is 0.0285 e. The molecule has 0 aromatic rings. The molecule has 0 nitrogen and oxygen atoms in total. The fourth-order valence-electron chi connectivity index (χ4n) is 6.82. The van der Waals surface area contributed by atoms with Gasteiger partial charge in [0, 0.05) is 0 Å². The third-order valence-electron chi connectivity index (χ3n) is 12.2. The van der Waals surface area contributed by atoms with Gasteiger partial charge in [-0.1, -0.05) is 327 Å². The molecule has 0 heterocycles. The van der Waals surface area contributed by atoms with Crippen molar-refractivity contribution in [3.8, 4) is 0 Å². The van der Waals surface area contributed by atoms with Gasteiger partial charge in [-0.05, 0) is 190 Å². The molecular formula is C83H118. The Balaban J connectivity index is 0. The first-order chi connectivity index (χ1) is 39.5. The Morgan fingerprint density at radius 3 is 0.482 bits per heavy atom. The summed E-state index contributed by atoms with van der Waals surface area (Å²) in [5.74, 6) is 0. The Hall–Kier alpha value is -6.76. The zero-order chi connectivity index (χ0) is 62.5. The molecule has 0 N–H and O–H groups in total. The average molecular weight is 1120 g/mol. The van der Waals surface area contributed by atoms with Crippen LogP contribution in [0, 0.1) is 0 Å². The zero-order valence-corrected chi connectivity index (χ0v) is 56.6. The van der Waals surface area contributed by atoms with Crippen LogP contribution in [0.25, 0.3) is 0 Å². The van der Waals surface area contributed by atoms with Gasteiger partial charge in [0.05, 0.1) is 0 Å². The Morgan fingerprint density at radius 1 is 0.193 bits per heavy atom. The molecule has 0 saturated heterocycles. The van der Waals surface area contributed by atoms with Crippen LogP contribution >= 0.6 is 0 Å². The summed E-state index contributed by atoms with van der Waals surface area (Å²) in [6.45, 7) is 43.0. The lowest BCUT2D eigenvalue weighted by molar-refractivity contribution is 0.967. The second-order valence-corrected chi connectivity index (χ2v) is 23.3. The minimum absolute atomic E-state index is 1.12. The van der Waals surface area contributed by atoms with E-state index in [1.807, 2.05) is 0 Å². The van der Waals surface area contributed by atoms with Gasteiger partial charge in [-0.25, -0.2) is 0 Å². The highest BCUT2D eigenvalue weighted by Crippen LogP contribution is 2.15. The fraction of sp³-hybridized carbons (Fsp3) is 0.373. The van der Waals surface area contributed by atoms with Crippen LogP contribution in [-0.2, 0) is 0 Å². The van der Waals surface area contributed by atoms with Crippen molar-refractivity contribution in [2.75, 3.05) is 0 Å². The van der Waals surface area contributed by atoms with Crippen molar-refractivity contribution < 1.29 is 0 Å². The first-order valence-corrected chi connectivity index (χ1v) is 30.8. The largest absolute Gasteiger partial charge is 0.0856 e. The van der Waals surface area contributed by atoms with Crippen LogP contribution in [0.2, 0.25) is 0 Å². The molecule has 0 aromatic carbocycles. The topological polar surface area (TPSA) is 0 Å². The molecule has 1 rings (SSSR count). The van der Waals surface area contributed by atoms with Gasteiger partial charge < -0.3 is 0 Å². The summed E-state index contributed by atoms with van der Waals surface area (Å²) in [5.41, 5.74) is 21.0. The Labute approximate surface area is 514 Å². The Kier molecular flexibility index (Phi) is 50.2. The van der Waals surface area contributed by atoms with Crippen molar-refractivity contribution in [1.29, 1.82) is 0 Å². The highest BCUT2D eigenvalue weighted by atomic mass is 14.0. The highest BCUT2D eigenvalue weighted by molar-refractivity contribution is 5.35. The van der Waals surface area contributed by atoms with Gasteiger partial charge in [0.25, 0.3) is 0 Å². The van der Waals surface area contributed by atoms with Crippen molar-refractivity contribution in [1.82, 2.24) is 0 Å². The van der Waals surface area contributed by atoms with Crippen molar-refractivity contribution in [3.05, 3.63) is 308 Å². The quantitative estimate of drug-likeness (QED) is 0.0465. The minimum Gasteiger partial charge on any atom is -0.0856 e. The minimum atomic E-state index is 1.12. The van der Waals surface area contributed by atoms with Crippen molar-refractivity contribution >= 4 is 0 Å². The number of allylic oxidation sites excluding steroid dienone is 52. The summed E-state index contributed by atoms with van der Waals surface area (Å²) in [6.07, 6.45) is 91.2. The van der Waals surface area contributed by atoms with Crippen LogP contribution in [0.3, 0.4) is 0 Å². The van der Waals surface area contributed by atoms with E-state index in [0.717, 1.165) is 51.4 Å². The number of hydrogen-bond donors (Lipinski definition) is 0. The normalized spacial score (nSPS) is 15.4. The first kappa shape index (κ1) is 78.3. The van der Waals surface area contributed by atoms with E-state index >= 15 is 0 Å². The molecule has 1 saturated carbocycles. The predicted molar refractivity (Wildman–Crippen MR) is 385 cm³/mol. The van der Waals surface area contributed by atoms with E-state index in [2.05, 4.69) is 357 Å². The van der Waals surface area contributed by atoms with E-state index in [1.54, 1.807) is 0 Å². The maximum atomic E-state index is 2.30. The lowest BCUT2D eigenvalue weighted by Crippen LogP contribution is -1.76. The molecule has 0 atom stereocenters. The van der Waals surface area contributed by atoms with Gasteiger partial charge in [-0.2, -0.15) is 0 Å². The lowest BCUT2D eigenvalue weighted by atomic mass is 10.1. The molecule has 83 heavy (non-hydrogen) atoms. The maximum absolute atomic E-state index is 2.30. The van der Waals surface area contributed by atoms with Gasteiger partial charge in [0.1, 0.15) is 0 Å². The third kappa shape index (κ3) is 62.7. The van der Waals surface area contributed by atoms with E-state index < -0.39 is 0 Å². The summed E-state index contributed by atoms with van der Waals surface area (Å²) < 4.78 is 0. The Bertz CT molecular complexity index is 2330. The van der Waals surface area contributed by atoms with Gasteiger partial charge in [0.15, 0.2) is 0 Å². The van der Waals surface area contributed by atoms with Crippen LogP contribution in [0.5, 0.6) is 0 Å². The number of hydrogen-bond acceptors (Lipinski definition) is 0. The standard InChI is InChI=1S/2C40H56.C3H6/c2*1-33(2)19-13-23-37(7)27-17-31-39(9)29-15-25-35(5)21-11-12-22-36(6)26-16-30-40(10)32-18-28-38(8)24-14-20-34(3)4;1-2-3-1/h2*11-12,15-22,25-32H,13-14,23-24H2,1-10H3;1-3H2/b12-11?,25-15?,26-16?,31-17?,32-18?,35-21?,36-22?,37-27+,38-28+,39-29?,40-30?;12-11+,25-15+,26-16+,31-17+,32-18+,35-21+,36-22+,37-27+,38-28+,39-29+,40-30+;. The molecule has 1 aliphatic carbocycles. The van der Waals surface area contributed by atoms with Crippen molar-refractivity contribution in [2.24, 2.45) is 0 Å². The van der Waals surface area contributed by atoms with Gasteiger partial charge in [-0.3, -0.25) is 0 Å². The lowest BCUT2D eigenvalue weighted by Gasteiger charge is -1.96. The molecule has 0 radical (unpaired) electrons. The molecule has 0 bridgehead atoms. The van der Waals surface area contributed by atoms with E-state index in [9.17, 15) is 0 Å². The van der Waals surface area contributed by atoms with E-state index in [1.165, 1.54) is 108 Å². The summed E-state index contributed by atoms with van der Waals surface area (Å²) >= 11 is 0. The maximum Gasteiger partial charge on any atom is -0.0285 e. The van der Waals surface area contributed by atoms with E-state index in [-0.39, 0.29) is 0 Å². The van der Waals surface area contributed by atoms with Gasteiger partial charge >= 0.3 is 0 Å². The SMILES string of the molecule is C1CC1.CC(C)=CCC/C(C)=C/C=C/C(C)=C/C=C/C(C)=C/C=C/C=C(C)/C=C/C=C(C)/C=C/C=C(\C)CCC=C(C)C.CC(C)=CCC/C(C)=C/C=CC(C)=CC=CC(C)=CC=CC=C(C)C=CC=C(C)C=C/C=C(\C)CCC=C(C)C. The van der Waals surface area contributed by atoms with Crippen LogP contribution in [-0.4, -0.2) is 0 Å². The molecule has 0 spiro atoms. The fourth-order valence-corrected chi connectivity index (χ4v) is 6.82. The Morgan fingerprint density at radius 2 is 0.337 bits per heavy atom. The highest BCUT2D eigenvalue weighted by Gasteiger charge is 1.95. The molecule has 0 heteroatoms. The summed E-state index contributed by atoms with van der Waals surface area (Å²) in [5, 5.41) is 0. The van der Waals surface area contributed by atoms with Crippen LogP contribution < -0.4 is 0 Å².